The van der Waals surface area contributed by atoms with E-state index in [1.807, 2.05) is 64.4 Å². The first-order chi connectivity index (χ1) is 16.4. The average Bonchev–Trinajstić information content (AvgIpc) is 3.41. The molecule has 1 aromatic carbocycles. The zero-order valence-electron chi connectivity index (χ0n) is 20.8. The molecule has 1 fully saturated rings. The van der Waals surface area contributed by atoms with Gasteiger partial charge in [0.05, 0.1) is 12.1 Å². The number of thiol groups is 1. The Morgan fingerprint density at radius 1 is 1.23 bits per heavy atom. The first-order valence-corrected chi connectivity index (χ1v) is 13.2. The largest absolute Gasteiger partial charge is 0.391 e. The van der Waals surface area contributed by atoms with Crippen molar-refractivity contribution in [3.8, 4) is 0 Å². The van der Waals surface area contributed by atoms with Crippen LogP contribution in [0.1, 0.15) is 58.2 Å². The lowest BCUT2D eigenvalue weighted by molar-refractivity contribution is -0.143. The summed E-state index contributed by atoms with van der Waals surface area (Å²) in [5.41, 5.74) is 4.57. The first-order valence-electron chi connectivity index (χ1n) is 11.7. The van der Waals surface area contributed by atoms with E-state index in [0.29, 0.717) is 0 Å². The van der Waals surface area contributed by atoms with Crippen molar-refractivity contribution in [2.24, 2.45) is 5.41 Å². The molecular formula is C25H35ClN4O4S. The third kappa shape index (κ3) is 6.45. The summed E-state index contributed by atoms with van der Waals surface area (Å²) in [7, 11) is 0. The number of rotatable bonds is 7. The Morgan fingerprint density at radius 2 is 1.89 bits per heavy atom. The molecule has 3 rings (SSSR count). The van der Waals surface area contributed by atoms with Gasteiger partial charge in [-0.2, -0.15) is 11.4 Å². The Morgan fingerprint density at radius 3 is 2.43 bits per heavy atom. The summed E-state index contributed by atoms with van der Waals surface area (Å²) in [5.74, 6) is -1.48. The number of hydrogen-bond acceptors (Lipinski definition) is 5. The number of aliphatic hydroxyl groups is 1. The smallest absolute Gasteiger partial charge is 0.246 e. The van der Waals surface area contributed by atoms with Gasteiger partial charge in [0.25, 0.3) is 0 Å². The number of aliphatic hydroxyl groups excluding tert-OH is 1. The lowest BCUT2D eigenvalue weighted by atomic mass is 9.85. The molecule has 2 heterocycles. The maximum absolute atomic E-state index is 13.4. The monoisotopic (exact) mass is 522 g/mol. The highest BCUT2D eigenvalue weighted by Crippen LogP contribution is 2.29. The molecule has 1 saturated heterocycles. The second kappa shape index (κ2) is 11.1. The number of halogens is 1. The van der Waals surface area contributed by atoms with Crippen LogP contribution in [0.2, 0.25) is 0 Å². The third-order valence-corrected chi connectivity index (χ3v) is 7.63. The SMILES string of the molecule is CC1=C(c2ccc([C@H](C)NC(=O)[C@@H]3C[C@@H](O)CN3C(=O)[C@@H](NC(=O)CCl)C(C)(C)C)cc2)[SH]=CN1. The fourth-order valence-corrected chi connectivity index (χ4v) is 5.31. The normalized spacial score (nSPS) is 21.7. The number of β-amino-alcohol motifs (C(OH)–C–C–N with tert-alkyl or cyclic N) is 1. The molecule has 2 aliphatic heterocycles. The molecule has 2 aliphatic rings. The van der Waals surface area contributed by atoms with Gasteiger partial charge in [-0.25, -0.2) is 0 Å². The summed E-state index contributed by atoms with van der Waals surface area (Å²) in [6, 6.07) is 6.04. The van der Waals surface area contributed by atoms with E-state index in [9.17, 15) is 19.5 Å². The number of nitrogens with zero attached hydrogens (tertiary/aromatic N) is 1. The Kier molecular flexibility index (Phi) is 8.67. The predicted octanol–water partition coefficient (Wildman–Crippen LogP) is 2.11. The van der Waals surface area contributed by atoms with Crippen molar-refractivity contribution in [3.63, 3.8) is 0 Å². The lowest BCUT2D eigenvalue weighted by Crippen LogP contribution is -2.58. The number of benzene rings is 1. The van der Waals surface area contributed by atoms with Gasteiger partial charge in [0.15, 0.2) is 0 Å². The van der Waals surface area contributed by atoms with Gasteiger partial charge < -0.3 is 26.0 Å². The minimum atomic E-state index is -0.876. The van der Waals surface area contributed by atoms with Crippen molar-refractivity contribution >= 4 is 51.1 Å². The van der Waals surface area contributed by atoms with Crippen LogP contribution in [-0.2, 0) is 14.4 Å². The minimum Gasteiger partial charge on any atom is -0.391 e. The zero-order valence-corrected chi connectivity index (χ0v) is 22.4. The number of carbonyl (C=O) groups is 3. The molecule has 192 valence electrons. The second-order valence-electron chi connectivity index (χ2n) is 10.1. The lowest BCUT2D eigenvalue weighted by Gasteiger charge is -2.35. The molecule has 8 nitrogen and oxygen atoms in total. The second-order valence-corrected chi connectivity index (χ2v) is 11.4. The summed E-state index contributed by atoms with van der Waals surface area (Å²) in [6.07, 6.45) is -0.680. The number of nitrogens with one attached hydrogen (secondary N) is 3. The molecular weight excluding hydrogens is 488 g/mol. The standard InChI is InChI=1S/C25H35ClN4O4S/c1-14(16-6-8-17(9-7-16)21-15(2)27-13-35-21)28-23(33)19-10-18(31)12-30(19)24(34)22(25(3,4)5)29-20(32)11-26/h6-9,13-14,18-19,22,27,31,35H,10-12H2,1-5H3,(H,28,33)(H,29,32)/t14-,18+,19-,22+/m0/s1. The van der Waals surface area contributed by atoms with E-state index in [4.69, 9.17) is 11.6 Å². The summed E-state index contributed by atoms with van der Waals surface area (Å²) in [5, 5.41) is 19.2. The number of amides is 3. The Hall–Kier alpha value is -2.36. The van der Waals surface area contributed by atoms with E-state index >= 15 is 0 Å². The average molecular weight is 523 g/mol. The first kappa shape index (κ1) is 27.2. The molecule has 1 aromatic rings. The highest BCUT2D eigenvalue weighted by Gasteiger charge is 2.44. The van der Waals surface area contributed by atoms with Gasteiger partial charge in [-0.1, -0.05) is 45.0 Å². The highest BCUT2D eigenvalue weighted by molar-refractivity contribution is 8.06. The van der Waals surface area contributed by atoms with Gasteiger partial charge in [0.2, 0.25) is 17.7 Å². The topological polar surface area (TPSA) is 111 Å². The highest BCUT2D eigenvalue weighted by atomic mass is 35.5. The van der Waals surface area contributed by atoms with Crippen LogP contribution >= 0.6 is 23.0 Å². The minimum absolute atomic E-state index is 0.0298. The summed E-state index contributed by atoms with van der Waals surface area (Å²) in [6.45, 7) is 9.44. The fraction of sp³-hybridized carbons (Fsp3) is 0.520. The van der Waals surface area contributed by atoms with Crippen molar-refractivity contribution in [2.45, 2.75) is 65.3 Å². The van der Waals surface area contributed by atoms with Crippen LogP contribution in [0.25, 0.3) is 4.91 Å². The number of allylic oxidation sites excluding steroid dienone is 1. The zero-order chi connectivity index (χ0) is 25.9. The molecule has 0 aromatic heterocycles. The van der Waals surface area contributed by atoms with Gasteiger partial charge in [-0.05, 0) is 30.4 Å². The molecule has 4 atom stereocenters. The molecule has 0 spiro atoms. The fourth-order valence-electron chi connectivity index (χ4n) is 4.29. The number of alkyl halides is 1. The third-order valence-electron chi connectivity index (χ3n) is 6.28. The molecule has 4 N–H and O–H groups in total. The Bertz CT molecular complexity index is 1030. The van der Waals surface area contributed by atoms with Crippen LogP contribution in [0.3, 0.4) is 0 Å². The van der Waals surface area contributed by atoms with Gasteiger partial charge >= 0.3 is 0 Å². The van der Waals surface area contributed by atoms with Crippen molar-refractivity contribution in [1.82, 2.24) is 20.9 Å². The van der Waals surface area contributed by atoms with E-state index in [2.05, 4.69) is 16.0 Å². The summed E-state index contributed by atoms with van der Waals surface area (Å²) in [4.78, 5) is 41.2. The molecule has 0 unspecified atom stereocenters. The quantitative estimate of drug-likeness (QED) is 0.214. The molecule has 35 heavy (non-hydrogen) atoms. The van der Waals surface area contributed by atoms with Gasteiger partial charge in [-0.15, -0.1) is 11.6 Å². The van der Waals surface area contributed by atoms with Gasteiger partial charge in [-0.3, -0.25) is 14.4 Å². The van der Waals surface area contributed by atoms with Crippen LogP contribution in [0.15, 0.2) is 30.0 Å². The molecule has 0 radical (unpaired) electrons. The molecule has 3 amide bonds. The number of likely N-dealkylation sites (tertiary alicyclic amines) is 1. The maximum atomic E-state index is 13.4. The van der Waals surface area contributed by atoms with E-state index in [1.165, 1.54) is 9.81 Å². The van der Waals surface area contributed by atoms with Crippen molar-refractivity contribution in [2.75, 3.05) is 12.4 Å². The Balaban J connectivity index is 1.72. The molecule has 10 heteroatoms. The predicted molar refractivity (Wildman–Crippen MR) is 142 cm³/mol. The summed E-state index contributed by atoms with van der Waals surface area (Å²) >= 11 is 6.76. The van der Waals surface area contributed by atoms with Crippen molar-refractivity contribution in [1.29, 1.82) is 0 Å². The van der Waals surface area contributed by atoms with E-state index in [0.717, 1.165) is 28.2 Å². The molecule has 0 saturated carbocycles. The number of hydrogen-bond donors (Lipinski definition) is 5. The molecule has 0 aliphatic carbocycles. The van der Waals surface area contributed by atoms with Crippen LogP contribution in [0, 0.1) is 5.41 Å². The molecule has 0 bridgehead atoms. The van der Waals surface area contributed by atoms with E-state index < -0.39 is 35.4 Å². The van der Waals surface area contributed by atoms with Crippen LogP contribution in [0.4, 0.5) is 0 Å². The Labute approximate surface area is 215 Å². The van der Waals surface area contributed by atoms with Crippen molar-refractivity contribution < 1.29 is 19.5 Å². The van der Waals surface area contributed by atoms with Crippen LogP contribution in [-0.4, -0.2) is 63.8 Å². The van der Waals surface area contributed by atoms with Gasteiger partial charge in [0, 0.05) is 29.1 Å². The van der Waals surface area contributed by atoms with Gasteiger partial charge in [0.1, 0.15) is 18.0 Å². The van der Waals surface area contributed by atoms with E-state index in [1.54, 1.807) is 0 Å². The van der Waals surface area contributed by atoms with Crippen molar-refractivity contribution in [3.05, 3.63) is 41.1 Å². The van der Waals surface area contributed by atoms with Crippen LogP contribution < -0.4 is 16.0 Å². The summed E-state index contributed by atoms with van der Waals surface area (Å²) < 4.78 is 0. The van der Waals surface area contributed by atoms with E-state index in [-0.39, 0.29) is 30.8 Å². The number of carbonyl (C=O) groups excluding carboxylic acids is 3. The van der Waals surface area contributed by atoms with Crippen LogP contribution in [0.5, 0.6) is 0 Å². The maximum Gasteiger partial charge on any atom is 0.246 e.